The second-order valence-electron chi connectivity index (χ2n) is 4.54. The zero-order valence-electron chi connectivity index (χ0n) is 11.0. The quantitative estimate of drug-likeness (QED) is 0.894. The monoisotopic (exact) mass is 286 g/mol. The maximum absolute atomic E-state index is 13.0. The lowest BCUT2D eigenvalue weighted by Crippen LogP contribution is -2.46. The van der Waals surface area contributed by atoms with Crippen LogP contribution in [0.15, 0.2) is 18.2 Å². The number of rotatable bonds is 4. The maximum Gasteiger partial charge on any atom is 0.247 e. The number of benzene rings is 1. The van der Waals surface area contributed by atoms with E-state index in [2.05, 4.69) is 10.6 Å². The van der Waals surface area contributed by atoms with Gasteiger partial charge in [-0.05, 0) is 24.1 Å². The number of hydrogen-bond donors (Lipinski definition) is 2. The normalized spacial score (nSPS) is 12.1. The van der Waals surface area contributed by atoms with Crippen LogP contribution >= 0.6 is 11.6 Å². The summed E-state index contributed by atoms with van der Waals surface area (Å²) in [4.78, 5) is 23.1. The molecule has 0 aromatic heterocycles. The van der Waals surface area contributed by atoms with Gasteiger partial charge in [0.25, 0.3) is 0 Å². The van der Waals surface area contributed by atoms with Crippen LogP contribution in [0, 0.1) is 11.7 Å². The van der Waals surface area contributed by atoms with Crippen LogP contribution in [0.3, 0.4) is 0 Å². The predicted octanol–water partition coefficient (Wildman–Crippen LogP) is 2.58. The second-order valence-corrected chi connectivity index (χ2v) is 4.95. The number of anilines is 1. The van der Waals surface area contributed by atoms with Crippen LogP contribution in [0.25, 0.3) is 0 Å². The SMILES string of the molecule is CC(=O)NC(C(=O)Nc1ccc(F)c(Cl)c1)C(C)C. The summed E-state index contributed by atoms with van der Waals surface area (Å²) < 4.78 is 13.0. The molecule has 0 aliphatic rings. The van der Waals surface area contributed by atoms with E-state index in [0.29, 0.717) is 5.69 Å². The first kappa shape index (κ1) is 15.4. The molecule has 0 fully saturated rings. The summed E-state index contributed by atoms with van der Waals surface area (Å²) >= 11 is 5.63. The molecule has 1 rings (SSSR count). The zero-order valence-corrected chi connectivity index (χ0v) is 11.7. The van der Waals surface area contributed by atoms with Gasteiger partial charge in [0.05, 0.1) is 5.02 Å². The molecule has 2 N–H and O–H groups in total. The van der Waals surface area contributed by atoms with Crippen LogP contribution in [-0.4, -0.2) is 17.9 Å². The van der Waals surface area contributed by atoms with E-state index in [1.165, 1.54) is 25.1 Å². The number of carbonyl (C=O) groups is 2. The third kappa shape index (κ3) is 4.52. The molecule has 0 saturated heterocycles. The Morgan fingerprint density at radius 3 is 2.42 bits per heavy atom. The average molecular weight is 287 g/mol. The fraction of sp³-hybridized carbons (Fsp3) is 0.385. The lowest BCUT2D eigenvalue weighted by molar-refractivity contribution is -0.126. The van der Waals surface area contributed by atoms with Crippen molar-refractivity contribution in [2.75, 3.05) is 5.32 Å². The van der Waals surface area contributed by atoms with Gasteiger partial charge in [0.1, 0.15) is 11.9 Å². The van der Waals surface area contributed by atoms with Crippen molar-refractivity contribution in [3.05, 3.63) is 29.0 Å². The van der Waals surface area contributed by atoms with Crippen LogP contribution in [0.4, 0.5) is 10.1 Å². The van der Waals surface area contributed by atoms with Crippen molar-refractivity contribution in [1.29, 1.82) is 0 Å². The van der Waals surface area contributed by atoms with Gasteiger partial charge >= 0.3 is 0 Å². The Morgan fingerprint density at radius 1 is 1.32 bits per heavy atom. The van der Waals surface area contributed by atoms with Crippen LogP contribution < -0.4 is 10.6 Å². The van der Waals surface area contributed by atoms with Gasteiger partial charge in [-0.25, -0.2) is 4.39 Å². The van der Waals surface area contributed by atoms with E-state index in [1.807, 2.05) is 13.8 Å². The van der Waals surface area contributed by atoms with Gasteiger partial charge in [-0.3, -0.25) is 9.59 Å². The van der Waals surface area contributed by atoms with E-state index >= 15 is 0 Å². The highest BCUT2D eigenvalue weighted by molar-refractivity contribution is 6.31. The van der Waals surface area contributed by atoms with Crippen molar-refractivity contribution in [2.24, 2.45) is 5.92 Å². The van der Waals surface area contributed by atoms with Gasteiger partial charge in [0.15, 0.2) is 0 Å². The topological polar surface area (TPSA) is 58.2 Å². The molecule has 104 valence electrons. The molecule has 0 radical (unpaired) electrons. The summed E-state index contributed by atoms with van der Waals surface area (Å²) in [6, 6.07) is 3.24. The molecular weight excluding hydrogens is 271 g/mol. The number of carbonyl (C=O) groups excluding carboxylic acids is 2. The lowest BCUT2D eigenvalue weighted by Gasteiger charge is -2.21. The third-order valence-electron chi connectivity index (χ3n) is 2.50. The first-order valence-electron chi connectivity index (χ1n) is 5.84. The molecule has 0 saturated carbocycles. The molecule has 1 unspecified atom stereocenters. The highest BCUT2D eigenvalue weighted by atomic mass is 35.5. The van der Waals surface area contributed by atoms with Gasteiger partial charge in [-0.2, -0.15) is 0 Å². The van der Waals surface area contributed by atoms with Crippen molar-refractivity contribution in [3.8, 4) is 0 Å². The molecule has 0 aliphatic carbocycles. The number of hydrogen-bond acceptors (Lipinski definition) is 2. The highest BCUT2D eigenvalue weighted by Crippen LogP contribution is 2.19. The molecule has 0 heterocycles. The highest BCUT2D eigenvalue weighted by Gasteiger charge is 2.23. The summed E-state index contributed by atoms with van der Waals surface area (Å²) in [5, 5.41) is 5.09. The summed E-state index contributed by atoms with van der Waals surface area (Å²) in [6.45, 7) is 4.98. The molecule has 1 aromatic rings. The van der Waals surface area contributed by atoms with Gasteiger partial charge in [0.2, 0.25) is 11.8 Å². The Labute approximate surface area is 116 Å². The van der Waals surface area contributed by atoms with E-state index < -0.39 is 11.9 Å². The molecule has 4 nitrogen and oxygen atoms in total. The van der Waals surface area contributed by atoms with Crippen molar-refractivity contribution < 1.29 is 14.0 Å². The Morgan fingerprint density at radius 2 is 1.95 bits per heavy atom. The molecular formula is C13H16ClFN2O2. The molecule has 1 aromatic carbocycles. The van der Waals surface area contributed by atoms with E-state index in [-0.39, 0.29) is 22.8 Å². The van der Waals surface area contributed by atoms with Gasteiger partial charge < -0.3 is 10.6 Å². The minimum absolute atomic E-state index is 0.0696. The Balaban J connectivity index is 2.81. The second kappa shape index (κ2) is 6.52. The van der Waals surface area contributed by atoms with Gasteiger partial charge in [-0.1, -0.05) is 25.4 Å². The lowest BCUT2D eigenvalue weighted by atomic mass is 10.0. The van der Waals surface area contributed by atoms with Crippen molar-refractivity contribution in [2.45, 2.75) is 26.8 Å². The smallest absolute Gasteiger partial charge is 0.247 e. The number of nitrogens with one attached hydrogen (secondary N) is 2. The maximum atomic E-state index is 13.0. The molecule has 1 atom stereocenters. The Kier molecular flexibility index (Phi) is 5.30. The van der Waals surface area contributed by atoms with E-state index in [9.17, 15) is 14.0 Å². The summed E-state index contributed by atoms with van der Waals surface area (Å²) in [5.41, 5.74) is 0.382. The van der Waals surface area contributed by atoms with Crippen molar-refractivity contribution >= 4 is 29.1 Å². The van der Waals surface area contributed by atoms with Crippen LogP contribution in [-0.2, 0) is 9.59 Å². The summed E-state index contributed by atoms with van der Waals surface area (Å²) in [7, 11) is 0. The van der Waals surface area contributed by atoms with E-state index in [0.717, 1.165) is 0 Å². The van der Waals surface area contributed by atoms with Crippen LogP contribution in [0.2, 0.25) is 5.02 Å². The fourth-order valence-electron chi connectivity index (χ4n) is 1.55. The minimum Gasteiger partial charge on any atom is -0.344 e. The van der Waals surface area contributed by atoms with Crippen LogP contribution in [0.5, 0.6) is 0 Å². The number of halogens is 2. The van der Waals surface area contributed by atoms with E-state index in [1.54, 1.807) is 0 Å². The van der Waals surface area contributed by atoms with Gasteiger partial charge in [0, 0.05) is 12.6 Å². The molecule has 19 heavy (non-hydrogen) atoms. The largest absolute Gasteiger partial charge is 0.344 e. The summed E-state index contributed by atoms with van der Waals surface area (Å²) in [5.74, 6) is -1.28. The van der Waals surface area contributed by atoms with Crippen LogP contribution in [0.1, 0.15) is 20.8 Å². The first-order chi connectivity index (χ1) is 8.81. The van der Waals surface area contributed by atoms with Gasteiger partial charge in [-0.15, -0.1) is 0 Å². The molecule has 2 amide bonds. The standard InChI is InChI=1S/C13H16ClFN2O2/c1-7(2)12(16-8(3)18)13(19)17-9-4-5-11(15)10(14)6-9/h4-7,12H,1-3H3,(H,16,18)(H,17,19). The predicted molar refractivity (Wildman–Crippen MR) is 72.5 cm³/mol. The minimum atomic E-state index is -0.652. The van der Waals surface area contributed by atoms with Crippen molar-refractivity contribution in [1.82, 2.24) is 5.32 Å². The Hall–Kier alpha value is -1.62. The summed E-state index contributed by atoms with van der Waals surface area (Å²) in [6.07, 6.45) is 0. The Bertz CT molecular complexity index is 492. The van der Waals surface area contributed by atoms with Crippen molar-refractivity contribution in [3.63, 3.8) is 0 Å². The number of amides is 2. The first-order valence-corrected chi connectivity index (χ1v) is 6.22. The molecule has 0 aliphatic heterocycles. The fourth-order valence-corrected chi connectivity index (χ4v) is 1.73. The average Bonchev–Trinajstić information content (AvgIpc) is 2.30. The molecule has 0 spiro atoms. The van der Waals surface area contributed by atoms with E-state index in [4.69, 9.17) is 11.6 Å². The molecule has 0 bridgehead atoms. The zero-order chi connectivity index (χ0) is 14.6. The third-order valence-corrected chi connectivity index (χ3v) is 2.78. The molecule has 6 heteroatoms.